The van der Waals surface area contributed by atoms with Crippen molar-refractivity contribution < 1.29 is 4.42 Å². The van der Waals surface area contributed by atoms with Crippen LogP contribution in [0, 0.1) is 0 Å². The van der Waals surface area contributed by atoms with Gasteiger partial charge in [-0.05, 0) is 60.5 Å². The quantitative estimate of drug-likeness (QED) is 0.160. The third-order valence-corrected chi connectivity index (χ3v) is 13.7. The second-order valence-electron chi connectivity index (χ2n) is 16.5. The van der Waals surface area contributed by atoms with Crippen molar-refractivity contribution >= 4 is 65.3 Å². The Labute approximate surface area is 378 Å². The largest absolute Gasteiger partial charge is 0.455 e. The number of rotatable bonds is 7. The van der Waals surface area contributed by atoms with Crippen molar-refractivity contribution in [1.82, 2.24) is 24.5 Å². The van der Waals surface area contributed by atoms with Gasteiger partial charge in [0.1, 0.15) is 16.2 Å². The van der Waals surface area contributed by atoms with Crippen molar-refractivity contribution in [2.45, 2.75) is 12.3 Å². The summed E-state index contributed by atoms with van der Waals surface area (Å²) < 4.78 is 10.3. The first-order valence-corrected chi connectivity index (χ1v) is 22.7. The van der Waals surface area contributed by atoms with E-state index in [9.17, 15) is 0 Å². The van der Waals surface area contributed by atoms with Crippen LogP contribution < -0.4 is 0 Å². The minimum Gasteiger partial charge on any atom is -0.455 e. The molecule has 0 bridgehead atoms. The van der Waals surface area contributed by atoms with Crippen molar-refractivity contribution in [3.05, 3.63) is 212 Å². The van der Waals surface area contributed by atoms with Gasteiger partial charge in [0.05, 0.1) is 21.3 Å². The lowest BCUT2D eigenvalue weighted by atomic mass is 9.91. The van der Waals surface area contributed by atoms with Gasteiger partial charge in [-0.3, -0.25) is 0 Å². The van der Waals surface area contributed by atoms with Crippen LogP contribution in [0.1, 0.15) is 17.9 Å². The topological polar surface area (TPSA) is 69.6 Å². The first-order valence-electron chi connectivity index (χ1n) is 21.9. The zero-order valence-corrected chi connectivity index (χ0v) is 35.8. The number of hydrogen-bond acceptors (Lipinski definition) is 6. The molecule has 0 amide bonds. The molecule has 4 aromatic heterocycles. The number of nitrogens with zero attached hydrogens (tertiary/aromatic N) is 5. The highest BCUT2D eigenvalue weighted by molar-refractivity contribution is 7.21. The molecule has 7 heteroatoms. The molecule has 1 atom stereocenters. The fraction of sp³-hybridized carbons (Fsp3) is 0.0345. The minimum absolute atomic E-state index is 0.298. The second kappa shape index (κ2) is 15.2. The fourth-order valence-corrected chi connectivity index (χ4v) is 10.5. The molecule has 12 aromatic rings. The molecular weight excluding hydrogens is 815 g/mol. The molecule has 6 nitrogen and oxygen atoms in total. The normalized spacial score (nSPS) is 13.8. The lowest BCUT2D eigenvalue weighted by Gasteiger charge is -2.13. The van der Waals surface area contributed by atoms with Gasteiger partial charge in [-0.15, -0.1) is 11.3 Å². The summed E-state index contributed by atoms with van der Waals surface area (Å²) in [5, 5.41) is 5.63. The van der Waals surface area contributed by atoms with Gasteiger partial charge < -0.3 is 8.98 Å². The highest BCUT2D eigenvalue weighted by Gasteiger charge is 2.21. The van der Waals surface area contributed by atoms with E-state index in [2.05, 4.69) is 150 Å². The Morgan fingerprint density at radius 1 is 0.477 bits per heavy atom. The average molecular weight is 852 g/mol. The number of furan rings is 1. The van der Waals surface area contributed by atoms with Gasteiger partial charge in [-0.1, -0.05) is 158 Å². The number of thiazole rings is 1. The van der Waals surface area contributed by atoms with E-state index in [0.29, 0.717) is 23.4 Å². The number of aromatic nitrogens is 5. The van der Waals surface area contributed by atoms with Crippen LogP contribution in [0.3, 0.4) is 0 Å². The Kier molecular flexibility index (Phi) is 8.74. The van der Waals surface area contributed by atoms with Crippen molar-refractivity contribution in [2.24, 2.45) is 0 Å². The third-order valence-electron chi connectivity index (χ3n) is 12.6. The molecule has 0 spiro atoms. The lowest BCUT2D eigenvalue weighted by molar-refractivity contribution is 0.658. The molecule has 0 saturated carbocycles. The van der Waals surface area contributed by atoms with E-state index in [1.54, 1.807) is 11.3 Å². The summed E-state index contributed by atoms with van der Waals surface area (Å²) >= 11 is 1.68. The Morgan fingerprint density at radius 3 is 1.92 bits per heavy atom. The predicted molar refractivity (Wildman–Crippen MR) is 267 cm³/mol. The van der Waals surface area contributed by atoms with Crippen molar-refractivity contribution in [1.29, 1.82) is 0 Å². The Morgan fingerprint density at radius 2 is 1.14 bits per heavy atom. The van der Waals surface area contributed by atoms with E-state index in [-0.39, 0.29) is 0 Å². The van der Waals surface area contributed by atoms with Gasteiger partial charge in [-0.25, -0.2) is 19.9 Å². The summed E-state index contributed by atoms with van der Waals surface area (Å²) in [5.41, 5.74) is 13.5. The molecule has 0 saturated heterocycles. The van der Waals surface area contributed by atoms with Crippen LogP contribution >= 0.6 is 11.3 Å². The molecule has 13 rings (SSSR count). The van der Waals surface area contributed by atoms with E-state index >= 15 is 0 Å². The molecule has 8 aromatic carbocycles. The Hall–Kier alpha value is -8.26. The molecule has 65 heavy (non-hydrogen) atoms. The van der Waals surface area contributed by atoms with Gasteiger partial charge in [0.2, 0.25) is 0 Å². The number of para-hydroxylation sites is 3. The molecule has 0 aliphatic heterocycles. The van der Waals surface area contributed by atoms with E-state index in [1.165, 1.54) is 16.3 Å². The summed E-state index contributed by atoms with van der Waals surface area (Å²) in [6, 6.07) is 63.8. The van der Waals surface area contributed by atoms with Gasteiger partial charge in [-0.2, -0.15) is 0 Å². The van der Waals surface area contributed by atoms with E-state index in [1.807, 2.05) is 60.7 Å². The summed E-state index contributed by atoms with van der Waals surface area (Å²) in [7, 11) is 0. The zero-order chi connectivity index (χ0) is 42.8. The summed E-state index contributed by atoms with van der Waals surface area (Å²) in [4.78, 5) is 20.0. The SMILES string of the molecule is C1=CCC(c2cccc3c2oc2c(-c4ccc5c(c4)c4ccccc4n5-c4cccc(-c5nc6ccc(-c7nc(-c8ccccc8)nc(-c8ccccc8)n7)cc6s5)c4)cccc23)C=C1. The smallest absolute Gasteiger partial charge is 0.164 e. The maximum absolute atomic E-state index is 6.87. The molecule has 0 N–H and O–H groups in total. The first kappa shape index (κ1) is 37.3. The summed E-state index contributed by atoms with van der Waals surface area (Å²) in [6.45, 7) is 0. The lowest BCUT2D eigenvalue weighted by Crippen LogP contribution is -1.99. The number of hydrogen-bond donors (Lipinski definition) is 0. The van der Waals surface area contributed by atoms with Gasteiger partial charge in [0.15, 0.2) is 17.5 Å². The van der Waals surface area contributed by atoms with Crippen molar-refractivity contribution in [2.75, 3.05) is 0 Å². The van der Waals surface area contributed by atoms with Crippen LogP contribution in [-0.2, 0) is 0 Å². The van der Waals surface area contributed by atoms with E-state index in [4.69, 9.17) is 24.4 Å². The summed E-state index contributed by atoms with van der Waals surface area (Å²) in [6.07, 6.45) is 9.75. The molecule has 1 aliphatic carbocycles. The Balaban J connectivity index is 0.881. The molecule has 1 unspecified atom stereocenters. The van der Waals surface area contributed by atoms with E-state index < -0.39 is 0 Å². The highest BCUT2D eigenvalue weighted by atomic mass is 32.1. The molecule has 0 radical (unpaired) electrons. The highest BCUT2D eigenvalue weighted by Crippen LogP contribution is 2.42. The average Bonchev–Trinajstić information content (AvgIpc) is 4.09. The number of fused-ring (bicyclic) bond motifs is 7. The van der Waals surface area contributed by atoms with Crippen LogP contribution in [0.25, 0.3) is 116 Å². The molecular formula is C58H37N5OS. The van der Waals surface area contributed by atoms with Gasteiger partial charge in [0, 0.05) is 66.5 Å². The van der Waals surface area contributed by atoms with Gasteiger partial charge in [0.25, 0.3) is 0 Å². The van der Waals surface area contributed by atoms with Crippen molar-refractivity contribution in [3.63, 3.8) is 0 Å². The fourth-order valence-electron chi connectivity index (χ4n) is 9.49. The van der Waals surface area contributed by atoms with Crippen LogP contribution in [0.2, 0.25) is 0 Å². The summed E-state index contributed by atoms with van der Waals surface area (Å²) in [5.74, 6) is 2.20. The number of allylic oxidation sites excluding steroid dienone is 4. The molecule has 0 fully saturated rings. The predicted octanol–water partition coefficient (Wildman–Crippen LogP) is 15.4. The first-order chi connectivity index (χ1) is 32.2. The zero-order valence-electron chi connectivity index (χ0n) is 35.0. The standard InChI is InChI=1S/C58H37N5OS/c1-4-15-36(16-5-1)43-24-13-26-46-47-27-14-25-44(54(47)64-53(43)46)39-30-32-51-48(34-39)45-23-10-11-28-50(45)63(51)42-22-12-21-41(33-42)58-59-49-31-29-40(35-52(49)65-58)57-61-55(37-17-6-2-7-18-37)60-56(62-57)38-19-8-3-9-20-38/h1-15,17-36H,16H2. The van der Waals surface area contributed by atoms with Crippen molar-refractivity contribution in [3.8, 4) is 61.5 Å². The molecule has 1 aliphatic rings. The maximum atomic E-state index is 6.87. The maximum Gasteiger partial charge on any atom is 0.164 e. The van der Waals surface area contributed by atoms with E-state index in [0.717, 1.165) is 93.7 Å². The molecule has 306 valence electrons. The number of benzene rings is 8. The Bertz CT molecular complexity index is 3820. The van der Waals surface area contributed by atoms with Crippen LogP contribution in [0.15, 0.2) is 211 Å². The molecule has 4 heterocycles. The van der Waals surface area contributed by atoms with Gasteiger partial charge >= 0.3 is 0 Å². The van der Waals surface area contributed by atoms with Crippen LogP contribution in [0.5, 0.6) is 0 Å². The minimum atomic E-state index is 0.298. The monoisotopic (exact) mass is 851 g/mol. The second-order valence-corrected chi connectivity index (χ2v) is 17.6. The third kappa shape index (κ3) is 6.39. The van der Waals surface area contributed by atoms with Crippen LogP contribution in [0.4, 0.5) is 0 Å². The van der Waals surface area contributed by atoms with Crippen LogP contribution in [-0.4, -0.2) is 24.5 Å².